The number of carbonyl (C=O) groups is 4. The molecular formula is C60H92O24. The molecule has 3 heterocycles. The van der Waals surface area contributed by atoms with Crippen LogP contribution < -0.4 is 0 Å². The summed E-state index contributed by atoms with van der Waals surface area (Å²) in [6, 6.07) is 0. The minimum Gasteiger partial charge on any atom is -0.479 e. The molecule has 84 heavy (non-hydrogen) atoms. The molecule has 11 N–H and O–H groups in total. The summed E-state index contributed by atoms with van der Waals surface area (Å²) in [5, 5.41) is 124. The molecule has 0 bridgehead atoms. The Kier molecular flexibility index (Phi) is 19.3. The molecule has 0 spiro atoms. The topological polar surface area (TPSA) is 374 Å². The van der Waals surface area contributed by atoms with Crippen LogP contribution in [0.3, 0.4) is 0 Å². The zero-order chi connectivity index (χ0) is 62.3. The number of aliphatic hydroxyl groups excluding tert-OH is 10. The van der Waals surface area contributed by atoms with E-state index in [-0.39, 0.29) is 42.2 Å². The molecule has 5 aliphatic carbocycles. The Morgan fingerprint density at radius 1 is 0.679 bits per heavy atom. The fourth-order valence-corrected chi connectivity index (χ4v) is 16.6. The molecule has 4 saturated carbocycles. The second-order valence-electron chi connectivity index (χ2n) is 26.9. The molecule has 476 valence electrons. The summed E-state index contributed by atoms with van der Waals surface area (Å²) in [7, 11) is 0. The van der Waals surface area contributed by atoms with Gasteiger partial charge in [-0.3, -0.25) is 4.79 Å². The lowest BCUT2D eigenvalue weighted by Gasteiger charge is -2.72. The van der Waals surface area contributed by atoms with Gasteiger partial charge < -0.3 is 98.8 Å². The second-order valence-corrected chi connectivity index (χ2v) is 26.9. The number of carboxylic acid groups (broad SMARTS) is 1. The Hall–Kier alpha value is -3.54. The molecule has 24 heteroatoms. The van der Waals surface area contributed by atoms with Crippen molar-refractivity contribution in [1.82, 2.24) is 0 Å². The van der Waals surface area contributed by atoms with Gasteiger partial charge in [0.25, 0.3) is 0 Å². The van der Waals surface area contributed by atoms with Crippen molar-refractivity contribution in [3.05, 3.63) is 34.9 Å². The average molecular weight is 1200 g/mol. The summed E-state index contributed by atoms with van der Waals surface area (Å²) in [6.45, 7) is 19.8. The molecule has 7 fully saturated rings. The normalized spacial score (nSPS) is 48.5. The van der Waals surface area contributed by atoms with Gasteiger partial charge >= 0.3 is 23.9 Å². The summed E-state index contributed by atoms with van der Waals surface area (Å²) in [5.41, 5.74) is -3.95. The van der Waals surface area contributed by atoms with E-state index in [1.807, 2.05) is 20.8 Å². The quantitative estimate of drug-likeness (QED) is 0.0361. The Bertz CT molecular complexity index is 2530. The monoisotopic (exact) mass is 1200 g/mol. The van der Waals surface area contributed by atoms with Gasteiger partial charge in [0.1, 0.15) is 55.4 Å². The SMILES string of the molecule is C/C=C(/C)C(=O)O[C@@H]1[C@@H](O)[C@H](O[C@H]2[C@H](O)[C@@]3(COC(C)=O)C(CC2(C)C)C2=CCC4[C@@]5(C)CC[C@H](O[C@@H]6O[C@H](C(=O)O)[C@@H](O)[C@H](O)[C@H]6O[C@@H]6O[C@H](CO)[C@@H](O)[C@H](O)[C@H]6O)[C@](C)(CO)C5CC[C@@]4(C)[C@]2(C)C[C@H]3O)O[C@H](C)[C@@H]1OC(=O)/C(C)=C\C. The van der Waals surface area contributed by atoms with Crippen molar-refractivity contribution in [2.24, 2.45) is 50.2 Å². The molecule has 8 aliphatic rings. The van der Waals surface area contributed by atoms with Crippen LogP contribution in [0.2, 0.25) is 0 Å². The summed E-state index contributed by atoms with van der Waals surface area (Å²) in [6.07, 6.45) is -22.4. The van der Waals surface area contributed by atoms with Crippen LogP contribution in [0.5, 0.6) is 0 Å². The van der Waals surface area contributed by atoms with Gasteiger partial charge in [-0.15, -0.1) is 0 Å². The fraction of sp³-hybridized carbons (Fsp3) is 0.833. The van der Waals surface area contributed by atoms with E-state index in [1.165, 1.54) is 19.9 Å². The standard InChI is InChI=1S/C60H92O24/c1-13-26(3)50(74)80-43-28(5)77-53(42(70)44(43)81-51(75)27(4)14-2)84-48-47(71)60(25-76-29(6)63)31(21-55(48,7)8)30-15-16-34-56(9)19-18-36(57(10,24-62)33(56)17-20-58(34,11)59(30,12)22-35(60)64)79-54-46(40(68)39(67)45(82-54)49(72)73)83-52-41(69)38(66)37(65)32(23-61)78-52/h13-15,28,31-48,52-54,61-62,64-71H,16-25H2,1-12H3,(H,72,73)/b26-13-,27-14-/t28-,31?,32-,33?,34?,35-,36+,37-,38+,39+,40+,41-,42-,43+,44-,45+,46-,47+,48+,52+,53+,54-,56+,57-,58-,59-,60+/m1/s1. The predicted octanol–water partition coefficient (Wildman–Crippen LogP) is 1.22. The third-order valence-corrected chi connectivity index (χ3v) is 22.0. The third-order valence-electron chi connectivity index (χ3n) is 22.0. The van der Waals surface area contributed by atoms with Crippen molar-refractivity contribution in [3.8, 4) is 0 Å². The first kappa shape index (κ1) is 66.4. The highest BCUT2D eigenvalue weighted by Crippen LogP contribution is 2.76. The van der Waals surface area contributed by atoms with Crippen molar-refractivity contribution < 1.29 is 118 Å². The Balaban J connectivity index is 1.09. The van der Waals surface area contributed by atoms with Gasteiger partial charge in [0, 0.05) is 23.5 Å². The van der Waals surface area contributed by atoms with E-state index in [4.69, 9.17) is 42.6 Å². The van der Waals surface area contributed by atoms with Crippen LogP contribution in [-0.2, 0) is 61.8 Å². The highest BCUT2D eigenvalue weighted by molar-refractivity contribution is 5.88. The van der Waals surface area contributed by atoms with E-state index in [0.717, 1.165) is 5.57 Å². The molecule has 0 aromatic carbocycles. The van der Waals surface area contributed by atoms with E-state index in [2.05, 4.69) is 26.8 Å². The van der Waals surface area contributed by atoms with Crippen LogP contribution >= 0.6 is 0 Å². The number of esters is 3. The van der Waals surface area contributed by atoms with E-state index < -0.39 is 199 Å². The van der Waals surface area contributed by atoms with Gasteiger partial charge in [-0.25, -0.2) is 14.4 Å². The average Bonchev–Trinajstić information content (AvgIpc) is 0.679. The van der Waals surface area contributed by atoms with Crippen molar-refractivity contribution >= 4 is 23.9 Å². The van der Waals surface area contributed by atoms with Gasteiger partial charge in [0.15, 0.2) is 37.2 Å². The first-order chi connectivity index (χ1) is 39.2. The highest BCUT2D eigenvalue weighted by Gasteiger charge is 2.74. The molecule has 3 unspecified atom stereocenters. The Morgan fingerprint density at radius 3 is 1.88 bits per heavy atom. The Labute approximate surface area is 490 Å². The number of carbonyl (C=O) groups excluding carboxylic acids is 3. The molecule has 3 saturated heterocycles. The summed E-state index contributed by atoms with van der Waals surface area (Å²) in [4.78, 5) is 51.7. The second kappa shape index (κ2) is 24.4. The van der Waals surface area contributed by atoms with E-state index in [9.17, 15) is 75.3 Å². The maximum atomic E-state index is 13.3. The molecule has 0 aromatic rings. The van der Waals surface area contributed by atoms with Crippen LogP contribution in [0.15, 0.2) is 34.9 Å². The zero-order valence-electron chi connectivity index (χ0n) is 50.2. The van der Waals surface area contributed by atoms with Crippen molar-refractivity contribution in [2.45, 2.75) is 245 Å². The number of ether oxygens (including phenoxy) is 9. The van der Waals surface area contributed by atoms with Crippen LogP contribution in [0, 0.1) is 50.2 Å². The van der Waals surface area contributed by atoms with Crippen LogP contribution in [0.1, 0.15) is 128 Å². The first-order valence-electron chi connectivity index (χ1n) is 29.5. The molecule has 24 nitrogen and oxygen atoms in total. The van der Waals surface area contributed by atoms with Crippen LogP contribution in [-0.4, -0.2) is 216 Å². The van der Waals surface area contributed by atoms with E-state index in [1.54, 1.807) is 33.8 Å². The lowest BCUT2D eigenvalue weighted by atomic mass is 9.33. The van der Waals surface area contributed by atoms with E-state index in [0.29, 0.717) is 25.7 Å². The molecular weight excluding hydrogens is 1100 g/mol. The summed E-state index contributed by atoms with van der Waals surface area (Å²) < 4.78 is 54.4. The highest BCUT2D eigenvalue weighted by atomic mass is 16.8. The lowest BCUT2D eigenvalue weighted by Crippen LogP contribution is -2.73. The van der Waals surface area contributed by atoms with Gasteiger partial charge in [-0.2, -0.15) is 0 Å². The van der Waals surface area contributed by atoms with Crippen molar-refractivity contribution in [3.63, 3.8) is 0 Å². The number of fused-ring (bicyclic) bond motifs is 7. The number of carboxylic acids is 1. The van der Waals surface area contributed by atoms with Gasteiger partial charge in [-0.1, -0.05) is 65.3 Å². The molecule has 8 rings (SSSR count). The minimum absolute atomic E-state index is 0.0905. The lowest BCUT2D eigenvalue weighted by molar-refractivity contribution is -0.375. The number of aliphatic carboxylic acids is 1. The van der Waals surface area contributed by atoms with Gasteiger partial charge in [0.2, 0.25) is 0 Å². The molecule has 0 aromatic heterocycles. The largest absolute Gasteiger partial charge is 0.479 e. The number of hydrogen-bond donors (Lipinski definition) is 11. The fourth-order valence-electron chi connectivity index (χ4n) is 16.6. The molecule has 3 aliphatic heterocycles. The van der Waals surface area contributed by atoms with Crippen molar-refractivity contribution in [2.75, 3.05) is 19.8 Å². The molecule has 0 amide bonds. The van der Waals surface area contributed by atoms with E-state index >= 15 is 0 Å². The summed E-state index contributed by atoms with van der Waals surface area (Å²) in [5.74, 6) is -4.73. The minimum atomic E-state index is -2.07. The first-order valence-corrected chi connectivity index (χ1v) is 29.5. The van der Waals surface area contributed by atoms with Gasteiger partial charge in [-0.05, 0) is 119 Å². The smallest absolute Gasteiger partial charge is 0.335 e. The molecule has 0 radical (unpaired) electrons. The molecule has 27 atom stereocenters. The summed E-state index contributed by atoms with van der Waals surface area (Å²) >= 11 is 0. The predicted molar refractivity (Wildman–Crippen MR) is 291 cm³/mol. The van der Waals surface area contributed by atoms with Gasteiger partial charge in [0.05, 0.1) is 49.1 Å². The van der Waals surface area contributed by atoms with Crippen LogP contribution in [0.25, 0.3) is 0 Å². The number of aliphatic hydroxyl groups is 10. The number of rotatable bonds is 15. The zero-order valence-corrected chi connectivity index (χ0v) is 50.2. The van der Waals surface area contributed by atoms with Crippen LogP contribution in [0.4, 0.5) is 0 Å². The number of allylic oxidation sites excluding steroid dienone is 4. The maximum absolute atomic E-state index is 13.3. The third kappa shape index (κ3) is 10.9. The number of hydrogen-bond acceptors (Lipinski definition) is 23. The maximum Gasteiger partial charge on any atom is 0.335 e. The van der Waals surface area contributed by atoms with Crippen molar-refractivity contribution in [1.29, 1.82) is 0 Å². The Morgan fingerprint density at radius 2 is 1.30 bits per heavy atom.